The summed E-state index contributed by atoms with van der Waals surface area (Å²) in [5.74, 6) is 0.306. The van der Waals surface area contributed by atoms with Crippen LogP contribution in [0.3, 0.4) is 0 Å². The molecule has 6 nitrogen and oxygen atoms in total. The molecule has 2 aromatic heterocycles. The highest BCUT2D eigenvalue weighted by Gasteiger charge is 2.31. The van der Waals surface area contributed by atoms with E-state index >= 15 is 0 Å². The number of nitrogens with zero attached hydrogens (tertiary/aromatic N) is 3. The number of pyridine rings is 1. The van der Waals surface area contributed by atoms with Crippen molar-refractivity contribution < 1.29 is 9.59 Å². The van der Waals surface area contributed by atoms with Gasteiger partial charge in [0.15, 0.2) is 0 Å². The molecule has 1 saturated heterocycles. The molecule has 0 spiro atoms. The molecule has 1 fully saturated rings. The molecule has 1 unspecified atom stereocenters. The fraction of sp³-hybridized carbons (Fsp3) is 0.471. The predicted octanol–water partition coefficient (Wildman–Crippen LogP) is 1.53. The molecule has 1 aliphatic rings. The first-order valence-electron chi connectivity index (χ1n) is 8.03. The monoisotopic (exact) mass is 346 g/mol. The van der Waals surface area contributed by atoms with Crippen molar-refractivity contribution in [1.29, 1.82) is 0 Å². The molecule has 24 heavy (non-hydrogen) atoms. The van der Waals surface area contributed by atoms with Crippen LogP contribution in [0.25, 0.3) is 10.2 Å². The van der Waals surface area contributed by atoms with E-state index in [0.717, 1.165) is 40.2 Å². The number of carbonyl (C=O) groups excluding carboxylic acids is 2. The maximum atomic E-state index is 12.3. The highest BCUT2D eigenvalue weighted by atomic mass is 32.1. The second-order valence-corrected chi connectivity index (χ2v) is 7.29. The molecule has 0 radical (unpaired) electrons. The molecule has 1 aliphatic heterocycles. The minimum absolute atomic E-state index is 0.0594. The van der Waals surface area contributed by atoms with Crippen molar-refractivity contribution in [3.8, 4) is 0 Å². The van der Waals surface area contributed by atoms with E-state index in [1.54, 1.807) is 32.2 Å². The summed E-state index contributed by atoms with van der Waals surface area (Å²) in [5, 5.41) is 3.80. The van der Waals surface area contributed by atoms with E-state index in [-0.39, 0.29) is 17.7 Å². The second-order valence-electron chi connectivity index (χ2n) is 6.29. The van der Waals surface area contributed by atoms with Gasteiger partial charge in [0.05, 0.1) is 11.4 Å². The van der Waals surface area contributed by atoms with Gasteiger partial charge in [-0.2, -0.15) is 0 Å². The number of likely N-dealkylation sites (tertiary alicyclic amines) is 1. The van der Waals surface area contributed by atoms with Crippen molar-refractivity contribution in [3.63, 3.8) is 0 Å². The Bertz CT molecular complexity index is 771. The summed E-state index contributed by atoms with van der Waals surface area (Å²) >= 11 is 1.45. The summed E-state index contributed by atoms with van der Waals surface area (Å²) < 4.78 is 0. The van der Waals surface area contributed by atoms with E-state index in [1.807, 2.05) is 12.1 Å². The largest absolute Gasteiger partial charge is 0.354 e. The lowest BCUT2D eigenvalue weighted by Gasteiger charge is -2.18. The molecule has 128 valence electrons. The fourth-order valence-corrected chi connectivity index (χ4v) is 4.36. The Morgan fingerprint density at radius 1 is 1.46 bits per heavy atom. The normalized spacial score (nSPS) is 18.0. The highest BCUT2D eigenvalue weighted by Crippen LogP contribution is 2.39. The van der Waals surface area contributed by atoms with Crippen LogP contribution in [0.15, 0.2) is 18.3 Å². The maximum Gasteiger partial charge on any atom is 0.261 e. The van der Waals surface area contributed by atoms with Crippen LogP contribution in [0.2, 0.25) is 0 Å². The lowest BCUT2D eigenvalue weighted by molar-refractivity contribution is -0.129. The SMILES string of the molecule is CNC(=O)c1sc2ncccc2c1C1CCN(CC(=O)N(C)C)C1. The third kappa shape index (κ3) is 3.14. The molecule has 1 N–H and O–H groups in total. The van der Waals surface area contributed by atoms with Gasteiger partial charge in [0.25, 0.3) is 5.91 Å². The van der Waals surface area contributed by atoms with Gasteiger partial charge in [-0.3, -0.25) is 14.5 Å². The molecule has 0 aromatic carbocycles. The first kappa shape index (κ1) is 16.9. The highest BCUT2D eigenvalue weighted by molar-refractivity contribution is 7.20. The average molecular weight is 346 g/mol. The van der Waals surface area contributed by atoms with Crippen molar-refractivity contribution in [3.05, 3.63) is 28.8 Å². The zero-order chi connectivity index (χ0) is 17.3. The number of nitrogens with one attached hydrogen (secondary N) is 1. The maximum absolute atomic E-state index is 12.3. The third-order valence-corrected chi connectivity index (χ3v) is 5.60. The Hall–Kier alpha value is -1.99. The summed E-state index contributed by atoms with van der Waals surface area (Å²) in [4.78, 5) is 34.1. The van der Waals surface area contributed by atoms with Gasteiger partial charge in [-0.25, -0.2) is 4.98 Å². The minimum atomic E-state index is -0.0594. The number of aromatic nitrogens is 1. The molecule has 7 heteroatoms. The van der Waals surface area contributed by atoms with Crippen LogP contribution in [-0.2, 0) is 4.79 Å². The Balaban J connectivity index is 1.89. The Labute approximate surface area is 145 Å². The summed E-state index contributed by atoms with van der Waals surface area (Å²) in [6.07, 6.45) is 2.71. The topological polar surface area (TPSA) is 65.5 Å². The number of amides is 2. The number of hydrogen-bond acceptors (Lipinski definition) is 5. The quantitative estimate of drug-likeness (QED) is 0.912. The van der Waals surface area contributed by atoms with Gasteiger partial charge in [0.1, 0.15) is 4.83 Å². The molecular formula is C17H22N4O2S. The van der Waals surface area contributed by atoms with Crippen molar-refractivity contribution in [2.75, 3.05) is 40.8 Å². The average Bonchev–Trinajstić information content (AvgIpc) is 3.17. The van der Waals surface area contributed by atoms with Crippen molar-refractivity contribution in [2.45, 2.75) is 12.3 Å². The molecule has 3 rings (SSSR count). The summed E-state index contributed by atoms with van der Waals surface area (Å²) in [5.41, 5.74) is 1.09. The number of hydrogen-bond donors (Lipinski definition) is 1. The van der Waals surface area contributed by atoms with E-state index in [2.05, 4.69) is 15.2 Å². The van der Waals surface area contributed by atoms with Crippen LogP contribution < -0.4 is 5.32 Å². The van der Waals surface area contributed by atoms with Gasteiger partial charge in [0.2, 0.25) is 5.91 Å². The fourth-order valence-electron chi connectivity index (χ4n) is 3.18. The van der Waals surface area contributed by atoms with E-state index in [4.69, 9.17) is 0 Å². The standard InChI is InChI=1S/C17H22N4O2S/c1-18-16(23)15-14(12-5-4-7-19-17(12)24-15)11-6-8-21(9-11)10-13(22)20(2)3/h4-5,7,11H,6,8-10H2,1-3H3,(H,18,23). The van der Waals surface area contributed by atoms with Crippen LogP contribution in [0.4, 0.5) is 0 Å². The number of rotatable bonds is 4. The Morgan fingerprint density at radius 2 is 2.25 bits per heavy atom. The first-order chi connectivity index (χ1) is 11.5. The molecule has 2 aromatic rings. The van der Waals surface area contributed by atoms with Gasteiger partial charge in [-0.1, -0.05) is 6.07 Å². The molecule has 1 atom stereocenters. The van der Waals surface area contributed by atoms with Gasteiger partial charge in [0, 0.05) is 45.2 Å². The molecule has 3 heterocycles. The first-order valence-corrected chi connectivity index (χ1v) is 8.85. The van der Waals surface area contributed by atoms with E-state index in [9.17, 15) is 9.59 Å². The minimum Gasteiger partial charge on any atom is -0.354 e. The van der Waals surface area contributed by atoms with Crippen LogP contribution in [-0.4, -0.2) is 67.4 Å². The van der Waals surface area contributed by atoms with Crippen LogP contribution >= 0.6 is 11.3 Å². The van der Waals surface area contributed by atoms with Crippen LogP contribution in [0.5, 0.6) is 0 Å². The third-order valence-electron chi connectivity index (χ3n) is 4.48. The van der Waals surface area contributed by atoms with E-state index < -0.39 is 0 Å². The van der Waals surface area contributed by atoms with Gasteiger partial charge in [-0.05, 0) is 24.6 Å². The van der Waals surface area contributed by atoms with Gasteiger partial charge < -0.3 is 10.2 Å². The number of likely N-dealkylation sites (N-methyl/N-ethyl adjacent to an activating group) is 1. The number of carbonyl (C=O) groups is 2. The zero-order valence-corrected chi connectivity index (χ0v) is 15.0. The Morgan fingerprint density at radius 3 is 2.96 bits per heavy atom. The molecule has 0 saturated carbocycles. The van der Waals surface area contributed by atoms with Gasteiger partial charge in [-0.15, -0.1) is 11.3 Å². The van der Waals surface area contributed by atoms with Gasteiger partial charge >= 0.3 is 0 Å². The lowest BCUT2D eigenvalue weighted by atomic mass is 9.95. The molecule has 0 aliphatic carbocycles. The Kier molecular flexibility index (Phi) is 4.82. The van der Waals surface area contributed by atoms with E-state index in [1.165, 1.54) is 11.3 Å². The molecule has 2 amide bonds. The van der Waals surface area contributed by atoms with Crippen molar-refractivity contribution >= 4 is 33.4 Å². The lowest BCUT2D eigenvalue weighted by Crippen LogP contribution is -2.35. The number of thiophene rings is 1. The second kappa shape index (κ2) is 6.86. The smallest absolute Gasteiger partial charge is 0.261 e. The molecule has 0 bridgehead atoms. The summed E-state index contributed by atoms with van der Waals surface area (Å²) in [7, 11) is 5.20. The van der Waals surface area contributed by atoms with Crippen molar-refractivity contribution in [2.24, 2.45) is 0 Å². The zero-order valence-electron chi connectivity index (χ0n) is 14.2. The van der Waals surface area contributed by atoms with Crippen LogP contribution in [0, 0.1) is 0 Å². The molecular weight excluding hydrogens is 324 g/mol. The van der Waals surface area contributed by atoms with Crippen LogP contribution in [0.1, 0.15) is 27.6 Å². The number of fused-ring (bicyclic) bond motifs is 1. The van der Waals surface area contributed by atoms with E-state index in [0.29, 0.717) is 6.54 Å². The summed E-state index contributed by atoms with van der Waals surface area (Å²) in [6, 6.07) is 3.95. The van der Waals surface area contributed by atoms with Crippen molar-refractivity contribution in [1.82, 2.24) is 20.1 Å². The predicted molar refractivity (Wildman–Crippen MR) is 95.5 cm³/mol. The summed E-state index contributed by atoms with van der Waals surface area (Å²) in [6.45, 7) is 2.10.